The lowest BCUT2D eigenvalue weighted by molar-refractivity contribution is 0.603. The Kier molecular flexibility index (Phi) is 3.13. The topological polar surface area (TPSA) is 34.1 Å². The van der Waals surface area contributed by atoms with Gasteiger partial charge in [0.25, 0.3) is 0 Å². The van der Waals surface area contributed by atoms with E-state index in [-0.39, 0.29) is 0 Å². The SMILES string of the molecule is CCSCC1=Cc2ccc(C)cc2S1(=O)=O. The third kappa shape index (κ3) is 1.92. The maximum Gasteiger partial charge on any atom is 0.204 e. The average molecular weight is 254 g/mol. The number of rotatable bonds is 3. The summed E-state index contributed by atoms with van der Waals surface area (Å²) in [5.74, 6) is 1.51. The number of hydrogen-bond acceptors (Lipinski definition) is 3. The largest absolute Gasteiger partial charge is 0.219 e. The molecule has 1 aliphatic rings. The van der Waals surface area contributed by atoms with Crippen LogP contribution in [-0.2, 0) is 9.84 Å². The molecule has 0 N–H and O–H groups in total. The first kappa shape index (κ1) is 11.7. The van der Waals surface area contributed by atoms with Crippen molar-refractivity contribution in [3.8, 4) is 0 Å². The predicted molar refractivity (Wildman–Crippen MR) is 69.3 cm³/mol. The quantitative estimate of drug-likeness (QED) is 0.831. The van der Waals surface area contributed by atoms with Crippen LogP contribution in [0.3, 0.4) is 0 Å². The summed E-state index contributed by atoms with van der Waals surface area (Å²) < 4.78 is 24.3. The monoisotopic (exact) mass is 254 g/mol. The maximum atomic E-state index is 12.2. The second kappa shape index (κ2) is 4.26. The Balaban J connectivity index is 2.44. The first-order chi connectivity index (χ1) is 7.55. The van der Waals surface area contributed by atoms with Gasteiger partial charge in [-0.15, -0.1) is 0 Å². The van der Waals surface area contributed by atoms with Crippen LogP contribution in [0.2, 0.25) is 0 Å². The molecule has 0 spiro atoms. The molecule has 1 aromatic carbocycles. The zero-order valence-corrected chi connectivity index (χ0v) is 11.0. The van der Waals surface area contributed by atoms with E-state index in [4.69, 9.17) is 0 Å². The number of benzene rings is 1. The van der Waals surface area contributed by atoms with E-state index in [2.05, 4.69) is 0 Å². The van der Waals surface area contributed by atoms with Gasteiger partial charge in [-0.05, 0) is 35.9 Å². The molecule has 86 valence electrons. The fraction of sp³-hybridized carbons (Fsp3) is 0.333. The van der Waals surface area contributed by atoms with E-state index in [1.54, 1.807) is 23.9 Å². The molecule has 2 nitrogen and oxygen atoms in total. The summed E-state index contributed by atoms with van der Waals surface area (Å²) in [6.07, 6.45) is 1.80. The highest BCUT2D eigenvalue weighted by molar-refractivity contribution is 8.02. The van der Waals surface area contributed by atoms with Crippen LogP contribution >= 0.6 is 11.8 Å². The van der Waals surface area contributed by atoms with Crippen LogP contribution < -0.4 is 0 Å². The predicted octanol–water partition coefficient (Wildman–Crippen LogP) is 2.88. The molecule has 0 saturated heterocycles. The van der Waals surface area contributed by atoms with Gasteiger partial charge in [-0.2, -0.15) is 11.8 Å². The van der Waals surface area contributed by atoms with Crippen molar-refractivity contribution in [2.45, 2.75) is 18.7 Å². The van der Waals surface area contributed by atoms with Crippen molar-refractivity contribution in [1.82, 2.24) is 0 Å². The lowest BCUT2D eigenvalue weighted by Crippen LogP contribution is -2.03. The van der Waals surface area contributed by atoms with E-state index in [0.717, 1.165) is 16.9 Å². The van der Waals surface area contributed by atoms with Gasteiger partial charge in [0, 0.05) is 5.75 Å². The van der Waals surface area contributed by atoms with E-state index in [9.17, 15) is 8.42 Å². The molecule has 16 heavy (non-hydrogen) atoms. The van der Waals surface area contributed by atoms with E-state index < -0.39 is 9.84 Å². The third-order valence-electron chi connectivity index (χ3n) is 2.57. The molecule has 0 fully saturated rings. The summed E-state index contributed by atoms with van der Waals surface area (Å²) >= 11 is 1.64. The van der Waals surface area contributed by atoms with Crippen molar-refractivity contribution in [2.75, 3.05) is 11.5 Å². The molecule has 0 aliphatic carbocycles. The highest BCUT2D eigenvalue weighted by Gasteiger charge is 2.28. The lowest BCUT2D eigenvalue weighted by Gasteiger charge is -2.03. The number of fused-ring (bicyclic) bond motifs is 1. The van der Waals surface area contributed by atoms with Crippen LogP contribution in [0, 0.1) is 6.92 Å². The van der Waals surface area contributed by atoms with Crippen molar-refractivity contribution in [3.63, 3.8) is 0 Å². The Morgan fingerprint density at radius 2 is 2.06 bits per heavy atom. The molecule has 0 saturated carbocycles. The van der Waals surface area contributed by atoms with Gasteiger partial charge in [0.15, 0.2) is 0 Å². The third-order valence-corrected chi connectivity index (χ3v) is 5.56. The average Bonchev–Trinajstić information content (AvgIpc) is 2.48. The van der Waals surface area contributed by atoms with E-state index in [1.165, 1.54) is 0 Å². The van der Waals surface area contributed by atoms with Crippen molar-refractivity contribution < 1.29 is 8.42 Å². The van der Waals surface area contributed by atoms with Gasteiger partial charge in [-0.3, -0.25) is 0 Å². The first-order valence-corrected chi connectivity index (χ1v) is 7.83. The normalized spacial score (nSPS) is 17.0. The van der Waals surface area contributed by atoms with Crippen LogP contribution in [0.15, 0.2) is 28.0 Å². The van der Waals surface area contributed by atoms with Crippen LogP contribution in [0.25, 0.3) is 6.08 Å². The van der Waals surface area contributed by atoms with Crippen LogP contribution in [0.5, 0.6) is 0 Å². The van der Waals surface area contributed by atoms with Crippen molar-refractivity contribution in [3.05, 3.63) is 34.2 Å². The molecule has 0 bridgehead atoms. The summed E-state index contributed by atoms with van der Waals surface area (Å²) in [7, 11) is -3.20. The molecule has 2 rings (SSSR count). The molecular weight excluding hydrogens is 240 g/mol. The molecule has 0 unspecified atom stereocenters. The summed E-state index contributed by atoms with van der Waals surface area (Å²) in [6, 6.07) is 5.58. The Bertz CT molecular complexity index is 542. The number of aryl methyl sites for hydroxylation is 1. The van der Waals surface area contributed by atoms with Crippen molar-refractivity contribution in [2.24, 2.45) is 0 Å². The first-order valence-electron chi connectivity index (χ1n) is 5.19. The van der Waals surface area contributed by atoms with Crippen LogP contribution in [0.1, 0.15) is 18.1 Å². The Labute approximate surface area is 101 Å². The van der Waals surface area contributed by atoms with Gasteiger partial charge < -0.3 is 0 Å². The highest BCUT2D eigenvalue weighted by atomic mass is 32.2. The minimum absolute atomic E-state index is 0.471. The van der Waals surface area contributed by atoms with E-state index in [0.29, 0.717) is 15.6 Å². The maximum absolute atomic E-state index is 12.2. The smallest absolute Gasteiger partial charge is 0.204 e. The molecule has 0 amide bonds. The summed E-state index contributed by atoms with van der Waals surface area (Å²) in [5, 5.41) is 0. The van der Waals surface area contributed by atoms with Gasteiger partial charge in [0.2, 0.25) is 9.84 Å². The molecule has 1 aromatic rings. The Morgan fingerprint density at radius 3 is 2.75 bits per heavy atom. The summed E-state index contributed by atoms with van der Waals surface area (Å²) in [5.41, 5.74) is 1.82. The van der Waals surface area contributed by atoms with E-state index in [1.807, 2.05) is 26.0 Å². The molecule has 1 aliphatic heterocycles. The Morgan fingerprint density at radius 1 is 1.31 bits per heavy atom. The van der Waals surface area contributed by atoms with Crippen LogP contribution in [-0.4, -0.2) is 19.9 Å². The van der Waals surface area contributed by atoms with Gasteiger partial charge >= 0.3 is 0 Å². The molecule has 4 heteroatoms. The van der Waals surface area contributed by atoms with Crippen LogP contribution in [0.4, 0.5) is 0 Å². The zero-order valence-electron chi connectivity index (χ0n) is 9.36. The molecule has 0 aromatic heterocycles. The van der Waals surface area contributed by atoms with Gasteiger partial charge in [-0.25, -0.2) is 8.42 Å². The van der Waals surface area contributed by atoms with Gasteiger partial charge in [-0.1, -0.05) is 19.1 Å². The Hall–Kier alpha value is -0.740. The number of thioether (sulfide) groups is 1. The number of sulfone groups is 1. The van der Waals surface area contributed by atoms with Crippen molar-refractivity contribution >= 4 is 27.7 Å². The zero-order chi connectivity index (χ0) is 11.8. The molecule has 0 radical (unpaired) electrons. The lowest BCUT2D eigenvalue weighted by atomic mass is 10.1. The molecule has 0 atom stereocenters. The second-order valence-electron chi connectivity index (χ2n) is 3.79. The molecular formula is C12H14O2S2. The highest BCUT2D eigenvalue weighted by Crippen LogP contribution is 2.34. The minimum atomic E-state index is -3.20. The van der Waals surface area contributed by atoms with Gasteiger partial charge in [0.1, 0.15) is 0 Å². The summed E-state index contributed by atoms with van der Waals surface area (Å²) in [6.45, 7) is 3.94. The standard InChI is InChI=1S/C12H14O2S2/c1-3-15-8-11-7-10-5-4-9(2)6-12(10)16(11,13)14/h4-7H,3,8H2,1-2H3. The fourth-order valence-corrected chi connectivity index (χ4v) is 4.41. The second-order valence-corrected chi connectivity index (χ2v) is 7.04. The van der Waals surface area contributed by atoms with Crippen molar-refractivity contribution in [1.29, 1.82) is 0 Å². The van der Waals surface area contributed by atoms with E-state index >= 15 is 0 Å². The summed E-state index contributed by atoms with van der Waals surface area (Å²) in [4.78, 5) is 1.01. The number of hydrogen-bond donors (Lipinski definition) is 0. The van der Waals surface area contributed by atoms with Gasteiger partial charge in [0.05, 0.1) is 9.80 Å². The molecule has 1 heterocycles. The minimum Gasteiger partial charge on any atom is -0.219 e. The fourth-order valence-electron chi connectivity index (χ4n) is 1.71.